The molecule has 0 fully saturated rings. The lowest BCUT2D eigenvalue weighted by Gasteiger charge is -2.21. The van der Waals surface area contributed by atoms with Crippen LogP contribution < -0.4 is 4.90 Å². The first kappa shape index (κ1) is 21.3. The van der Waals surface area contributed by atoms with Crippen LogP contribution in [0.2, 0.25) is 0 Å². The number of fused-ring (bicyclic) bond motifs is 2. The summed E-state index contributed by atoms with van der Waals surface area (Å²) in [6, 6.07) is 8.48. The lowest BCUT2D eigenvalue weighted by atomic mass is 9.89. The summed E-state index contributed by atoms with van der Waals surface area (Å²) >= 11 is 0. The van der Waals surface area contributed by atoms with Gasteiger partial charge in [-0.15, -0.1) is 0 Å². The second-order valence-corrected chi connectivity index (χ2v) is 9.70. The number of likely N-dealkylation sites (N-methyl/N-ethyl adjacent to an activating group) is 1. The van der Waals surface area contributed by atoms with Crippen LogP contribution in [0.1, 0.15) is 69.0 Å². The van der Waals surface area contributed by atoms with E-state index in [1.54, 1.807) is 0 Å². The largest absolute Gasteiger partial charge is 0.481 e. The molecule has 0 radical (unpaired) electrons. The van der Waals surface area contributed by atoms with Crippen LogP contribution in [-0.2, 0) is 16.6 Å². The third kappa shape index (κ3) is 3.68. The summed E-state index contributed by atoms with van der Waals surface area (Å²) in [5.41, 5.74) is 7.51. The van der Waals surface area contributed by atoms with Gasteiger partial charge in [0.2, 0.25) is 0 Å². The molecule has 6 nitrogen and oxygen atoms in total. The van der Waals surface area contributed by atoms with Crippen LogP contribution in [0.5, 0.6) is 0 Å². The molecule has 1 atom stereocenters. The minimum atomic E-state index is -0.809. The maximum atomic E-state index is 12.3. The molecule has 1 aromatic carbocycles. The lowest BCUT2D eigenvalue weighted by Crippen LogP contribution is -2.17. The van der Waals surface area contributed by atoms with Crippen molar-refractivity contribution in [2.45, 2.75) is 65.2 Å². The summed E-state index contributed by atoms with van der Waals surface area (Å²) in [7, 11) is 2.11. The molecule has 0 saturated heterocycles. The molecule has 164 valence electrons. The summed E-state index contributed by atoms with van der Waals surface area (Å²) in [4.78, 5) is 19.3. The Morgan fingerprint density at radius 1 is 1.26 bits per heavy atom. The molecule has 3 heterocycles. The quantitative estimate of drug-likeness (QED) is 0.631. The van der Waals surface area contributed by atoms with Gasteiger partial charge in [-0.25, -0.2) is 9.50 Å². The third-order valence-corrected chi connectivity index (χ3v) is 6.30. The van der Waals surface area contributed by atoms with Gasteiger partial charge in [0.05, 0.1) is 17.3 Å². The van der Waals surface area contributed by atoms with Crippen molar-refractivity contribution in [3.8, 4) is 11.3 Å². The van der Waals surface area contributed by atoms with E-state index in [0.717, 1.165) is 53.2 Å². The van der Waals surface area contributed by atoms with E-state index in [1.807, 2.05) is 24.4 Å². The van der Waals surface area contributed by atoms with Gasteiger partial charge >= 0.3 is 5.97 Å². The molecule has 1 aliphatic heterocycles. The Morgan fingerprint density at radius 3 is 2.65 bits per heavy atom. The average Bonchev–Trinajstić information content (AvgIpc) is 3.28. The van der Waals surface area contributed by atoms with E-state index in [-0.39, 0.29) is 5.41 Å². The van der Waals surface area contributed by atoms with E-state index in [0.29, 0.717) is 6.42 Å². The van der Waals surface area contributed by atoms with Gasteiger partial charge in [0.15, 0.2) is 5.65 Å². The summed E-state index contributed by atoms with van der Waals surface area (Å²) in [6.07, 6.45) is 2.35. The zero-order chi connectivity index (χ0) is 22.5. The van der Waals surface area contributed by atoms with Crippen LogP contribution in [0, 0.1) is 6.92 Å². The Hall–Kier alpha value is -2.89. The van der Waals surface area contributed by atoms with Crippen molar-refractivity contribution >= 4 is 17.3 Å². The average molecular weight is 421 g/mol. The molecule has 1 unspecified atom stereocenters. The van der Waals surface area contributed by atoms with Gasteiger partial charge < -0.3 is 10.0 Å². The zero-order valence-electron chi connectivity index (χ0n) is 19.4. The smallest absolute Gasteiger partial charge is 0.311 e. The molecule has 0 bridgehead atoms. The number of benzene rings is 1. The Bertz CT molecular complexity index is 1160. The highest BCUT2D eigenvalue weighted by molar-refractivity contribution is 5.82. The summed E-state index contributed by atoms with van der Waals surface area (Å²) < 4.78 is 1.87. The number of anilines is 1. The molecule has 0 saturated carbocycles. The number of rotatable bonds is 5. The number of aryl methyl sites for hydroxylation is 1. The van der Waals surface area contributed by atoms with Crippen molar-refractivity contribution in [3.63, 3.8) is 0 Å². The predicted molar refractivity (Wildman–Crippen MR) is 124 cm³/mol. The Morgan fingerprint density at radius 2 is 2.00 bits per heavy atom. The minimum Gasteiger partial charge on any atom is -0.481 e. The number of carboxylic acids is 1. The van der Waals surface area contributed by atoms with Crippen LogP contribution in [0.4, 0.5) is 5.69 Å². The highest BCUT2D eigenvalue weighted by Crippen LogP contribution is 2.38. The summed E-state index contributed by atoms with van der Waals surface area (Å²) in [5.74, 6) is -1.42. The second-order valence-electron chi connectivity index (χ2n) is 9.70. The topological polar surface area (TPSA) is 70.7 Å². The van der Waals surface area contributed by atoms with Gasteiger partial charge in [-0.05, 0) is 37.5 Å². The molecular formula is C25H32N4O2. The van der Waals surface area contributed by atoms with Gasteiger partial charge in [-0.1, -0.05) is 40.2 Å². The SMILES string of the molecule is CCCC(C(=O)O)c1c(C)nc2cc(C(C)(C)C)nn2c1-c1ccc2c(c1)CCN2C. The molecule has 1 N–H and O–H groups in total. The fourth-order valence-corrected chi connectivity index (χ4v) is 4.59. The van der Waals surface area contributed by atoms with Crippen LogP contribution in [0.25, 0.3) is 16.9 Å². The number of hydrogen-bond acceptors (Lipinski definition) is 4. The highest BCUT2D eigenvalue weighted by Gasteiger charge is 2.30. The Labute approximate surface area is 183 Å². The van der Waals surface area contributed by atoms with Crippen LogP contribution >= 0.6 is 0 Å². The maximum Gasteiger partial charge on any atom is 0.311 e. The lowest BCUT2D eigenvalue weighted by molar-refractivity contribution is -0.139. The number of nitrogens with zero attached hydrogens (tertiary/aromatic N) is 4. The van der Waals surface area contributed by atoms with Gasteiger partial charge in [-0.3, -0.25) is 4.79 Å². The molecule has 6 heteroatoms. The molecule has 2 aromatic heterocycles. The number of aliphatic carboxylic acids is 1. The second kappa shape index (κ2) is 7.66. The molecular weight excluding hydrogens is 388 g/mol. The molecule has 31 heavy (non-hydrogen) atoms. The van der Waals surface area contributed by atoms with Crippen LogP contribution in [0.15, 0.2) is 24.3 Å². The molecule has 0 amide bonds. The molecule has 4 rings (SSSR count). The van der Waals surface area contributed by atoms with E-state index < -0.39 is 11.9 Å². The van der Waals surface area contributed by atoms with Crippen LogP contribution in [-0.4, -0.2) is 39.3 Å². The zero-order valence-corrected chi connectivity index (χ0v) is 19.4. The van der Waals surface area contributed by atoms with E-state index in [9.17, 15) is 9.90 Å². The van der Waals surface area contributed by atoms with Crippen molar-refractivity contribution in [1.82, 2.24) is 14.6 Å². The fraction of sp³-hybridized carbons (Fsp3) is 0.480. The minimum absolute atomic E-state index is 0.130. The van der Waals surface area contributed by atoms with E-state index in [2.05, 4.69) is 50.9 Å². The standard InChI is InChI=1S/C25H32N4O2/c1-7-8-18(24(30)31)22-15(2)26-21-14-20(25(3,4)5)27-29(21)23(22)17-9-10-19-16(13-17)11-12-28(19)6/h9-10,13-14,18H,7-8,11-12H2,1-6H3,(H,30,31). The first-order valence-electron chi connectivity index (χ1n) is 11.1. The van der Waals surface area contributed by atoms with Crippen molar-refractivity contribution < 1.29 is 9.90 Å². The number of hydrogen-bond donors (Lipinski definition) is 1. The third-order valence-electron chi connectivity index (χ3n) is 6.30. The number of carboxylic acid groups (broad SMARTS) is 1. The normalized spacial score (nSPS) is 14.8. The van der Waals surface area contributed by atoms with Crippen LogP contribution in [0.3, 0.4) is 0 Å². The van der Waals surface area contributed by atoms with Crippen molar-refractivity contribution in [2.75, 3.05) is 18.5 Å². The van der Waals surface area contributed by atoms with E-state index >= 15 is 0 Å². The van der Waals surface area contributed by atoms with Gasteiger partial charge in [-0.2, -0.15) is 5.10 Å². The maximum absolute atomic E-state index is 12.3. The Balaban J connectivity index is 2.05. The highest BCUT2D eigenvalue weighted by atomic mass is 16.4. The predicted octanol–water partition coefficient (Wildman–Crippen LogP) is 4.96. The van der Waals surface area contributed by atoms with Gasteiger partial charge in [0.25, 0.3) is 0 Å². The molecule has 0 spiro atoms. The molecule has 1 aliphatic rings. The van der Waals surface area contributed by atoms with Crippen molar-refractivity contribution in [3.05, 3.63) is 46.8 Å². The first-order chi connectivity index (χ1) is 14.6. The fourth-order valence-electron chi connectivity index (χ4n) is 4.59. The Kier molecular flexibility index (Phi) is 5.28. The van der Waals surface area contributed by atoms with Gasteiger partial charge in [0, 0.05) is 47.6 Å². The molecule has 0 aliphatic carbocycles. The van der Waals surface area contributed by atoms with Crippen molar-refractivity contribution in [1.29, 1.82) is 0 Å². The number of carbonyl (C=O) groups is 1. The van der Waals surface area contributed by atoms with Crippen molar-refractivity contribution in [2.24, 2.45) is 0 Å². The van der Waals surface area contributed by atoms with Gasteiger partial charge in [0.1, 0.15) is 0 Å². The van der Waals surface area contributed by atoms with E-state index in [4.69, 9.17) is 10.1 Å². The monoisotopic (exact) mass is 420 g/mol. The molecule has 3 aromatic rings. The summed E-state index contributed by atoms with van der Waals surface area (Å²) in [5, 5.41) is 15.0. The number of aromatic nitrogens is 3. The van der Waals surface area contributed by atoms with E-state index in [1.165, 1.54) is 11.3 Å². The first-order valence-corrected chi connectivity index (χ1v) is 11.1. The summed E-state index contributed by atoms with van der Waals surface area (Å²) in [6.45, 7) is 11.3.